The first-order valence-corrected chi connectivity index (χ1v) is 7.41. The third-order valence-electron chi connectivity index (χ3n) is 4.36. The van der Waals surface area contributed by atoms with Gasteiger partial charge in [-0.3, -0.25) is 0 Å². The first-order chi connectivity index (χ1) is 10.3. The molecule has 2 nitrogen and oxygen atoms in total. The molecular weight excluding hydrogens is 256 g/mol. The first-order valence-electron chi connectivity index (χ1n) is 7.41. The van der Waals surface area contributed by atoms with E-state index in [1.165, 1.54) is 27.5 Å². The molecule has 0 amide bonds. The molecule has 2 N–H and O–H groups in total. The van der Waals surface area contributed by atoms with Gasteiger partial charge in [0.15, 0.2) is 0 Å². The monoisotopic (exact) mass is 274 g/mol. The van der Waals surface area contributed by atoms with Gasteiger partial charge in [-0.25, -0.2) is 0 Å². The fraction of sp³-hybridized carbons (Fsp3) is 0.158. The predicted octanol–water partition coefficient (Wildman–Crippen LogP) is 4.52. The summed E-state index contributed by atoms with van der Waals surface area (Å²) in [6, 6.07) is 17.2. The lowest BCUT2D eigenvalue weighted by Gasteiger charge is -2.22. The van der Waals surface area contributed by atoms with E-state index in [1.807, 2.05) is 0 Å². The Labute approximate surface area is 124 Å². The minimum Gasteiger partial charge on any atom is -0.399 e. The molecule has 0 radical (unpaired) electrons. The van der Waals surface area contributed by atoms with E-state index in [0.717, 1.165) is 12.1 Å². The molecule has 1 aromatic heterocycles. The lowest BCUT2D eigenvalue weighted by molar-refractivity contribution is 0.718. The summed E-state index contributed by atoms with van der Waals surface area (Å²) in [7, 11) is 0. The van der Waals surface area contributed by atoms with Crippen LogP contribution in [0.5, 0.6) is 0 Å². The molecule has 1 atom stereocenters. The minimum absolute atomic E-state index is 0.469. The van der Waals surface area contributed by atoms with Crippen molar-refractivity contribution in [3.05, 3.63) is 66.4 Å². The zero-order valence-electron chi connectivity index (χ0n) is 12.1. The maximum atomic E-state index is 6.05. The molecule has 2 heteroatoms. The van der Waals surface area contributed by atoms with E-state index in [4.69, 9.17) is 5.73 Å². The normalized spacial score (nSPS) is 18.8. The van der Waals surface area contributed by atoms with Gasteiger partial charge >= 0.3 is 0 Å². The van der Waals surface area contributed by atoms with Crippen molar-refractivity contribution in [2.75, 3.05) is 0 Å². The Morgan fingerprint density at radius 3 is 2.14 bits per heavy atom. The third-order valence-corrected chi connectivity index (χ3v) is 4.36. The van der Waals surface area contributed by atoms with Crippen molar-refractivity contribution in [1.82, 2.24) is 4.57 Å². The molecule has 0 saturated carbocycles. The molecule has 0 aliphatic heterocycles. The Balaban J connectivity index is 2.14. The third kappa shape index (κ3) is 1.79. The number of allylic oxidation sites excluding steroid dienone is 3. The molecule has 21 heavy (non-hydrogen) atoms. The van der Waals surface area contributed by atoms with Crippen LogP contribution in [0, 0.1) is 5.92 Å². The van der Waals surface area contributed by atoms with Crippen LogP contribution in [0.25, 0.3) is 27.5 Å². The summed E-state index contributed by atoms with van der Waals surface area (Å²) in [5.74, 6) is 0.469. The lowest BCUT2D eigenvalue weighted by Crippen LogP contribution is -2.12. The summed E-state index contributed by atoms with van der Waals surface area (Å²) in [4.78, 5) is 0. The van der Waals surface area contributed by atoms with Gasteiger partial charge in [-0.05, 0) is 24.6 Å². The fourth-order valence-corrected chi connectivity index (χ4v) is 3.29. The molecular formula is C19H18N2. The van der Waals surface area contributed by atoms with Crippen LogP contribution in [0.3, 0.4) is 0 Å². The highest BCUT2D eigenvalue weighted by Crippen LogP contribution is 2.36. The summed E-state index contributed by atoms with van der Waals surface area (Å²) in [5, 5.41) is 2.60. The van der Waals surface area contributed by atoms with Crippen LogP contribution in [0.4, 0.5) is 0 Å². The highest BCUT2D eigenvalue weighted by molar-refractivity contribution is 6.10. The summed E-state index contributed by atoms with van der Waals surface area (Å²) in [6.07, 6.45) is 5.23. The number of rotatable bonds is 1. The zero-order valence-corrected chi connectivity index (χ0v) is 12.1. The number of aromatic nitrogens is 1. The SMILES string of the molecule is C[C@@H]1CC=C(N)C=C1n1c2ccccc2c2ccccc21. The van der Waals surface area contributed by atoms with E-state index in [-0.39, 0.29) is 0 Å². The smallest absolute Gasteiger partial charge is 0.0537 e. The number of nitrogens with zero attached hydrogens (tertiary/aromatic N) is 1. The van der Waals surface area contributed by atoms with Gasteiger partial charge in [-0.15, -0.1) is 0 Å². The standard InChI is InChI=1S/C19H18N2/c1-13-10-11-14(20)12-19(13)21-17-8-4-2-6-15(17)16-7-3-5-9-18(16)21/h2-9,11-13H,10,20H2,1H3/t13-/m1/s1. The molecule has 104 valence electrons. The Bertz CT molecular complexity index is 843. The van der Waals surface area contributed by atoms with Crippen LogP contribution < -0.4 is 5.73 Å². The van der Waals surface area contributed by atoms with E-state index < -0.39 is 0 Å². The lowest BCUT2D eigenvalue weighted by atomic mass is 9.97. The van der Waals surface area contributed by atoms with Gasteiger partial charge in [0.1, 0.15) is 0 Å². The first kappa shape index (κ1) is 12.3. The Kier molecular flexibility index (Phi) is 2.64. The molecule has 0 unspecified atom stereocenters. The molecule has 0 fully saturated rings. The Hall–Kier alpha value is -2.48. The van der Waals surface area contributed by atoms with Crippen LogP contribution in [0.1, 0.15) is 13.3 Å². The Morgan fingerprint density at radius 1 is 0.952 bits per heavy atom. The number of para-hydroxylation sites is 2. The maximum absolute atomic E-state index is 6.05. The maximum Gasteiger partial charge on any atom is 0.0537 e. The highest BCUT2D eigenvalue weighted by Gasteiger charge is 2.19. The molecule has 0 saturated heterocycles. The average molecular weight is 274 g/mol. The van der Waals surface area contributed by atoms with E-state index >= 15 is 0 Å². The number of hydrogen-bond donors (Lipinski definition) is 1. The highest BCUT2D eigenvalue weighted by atomic mass is 15.0. The molecule has 1 aliphatic rings. The van der Waals surface area contributed by atoms with Gasteiger partial charge in [0.05, 0.1) is 11.0 Å². The zero-order chi connectivity index (χ0) is 14.4. The van der Waals surface area contributed by atoms with Crippen molar-refractivity contribution >= 4 is 27.5 Å². The molecule has 2 aromatic carbocycles. The molecule has 1 aliphatic carbocycles. The van der Waals surface area contributed by atoms with Crippen molar-refractivity contribution in [2.24, 2.45) is 11.7 Å². The summed E-state index contributed by atoms with van der Waals surface area (Å²) < 4.78 is 2.37. The van der Waals surface area contributed by atoms with Gasteiger partial charge in [-0.2, -0.15) is 0 Å². The van der Waals surface area contributed by atoms with Gasteiger partial charge < -0.3 is 10.3 Å². The van der Waals surface area contributed by atoms with Gasteiger partial charge in [0, 0.05) is 28.1 Å². The van der Waals surface area contributed by atoms with Crippen LogP contribution >= 0.6 is 0 Å². The second-order valence-electron chi connectivity index (χ2n) is 5.78. The molecule has 0 spiro atoms. The second kappa shape index (κ2) is 4.52. The van der Waals surface area contributed by atoms with Crippen LogP contribution in [-0.2, 0) is 0 Å². The number of hydrogen-bond acceptors (Lipinski definition) is 1. The van der Waals surface area contributed by atoms with Gasteiger partial charge in [0.25, 0.3) is 0 Å². The van der Waals surface area contributed by atoms with E-state index in [0.29, 0.717) is 5.92 Å². The Morgan fingerprint density at radius 2 is 1.52 bits per heavy atom. The van der Waals surface area contributed by atoms with Gasteiger partial charge in [0.2, 0.25) is 0 Å². The molecule has 4 rings (SSSR count). The second-order valence-corrected chi connectivity index (χ2v) is 5.78. The topological polar surface area (TPSA) is 30.9 Å². The van der Waals surface area contributed by atoms with Crippen molar-refractivity contribution in [2.45, 2.75) is 13.3 Å². The largest absolute Gasteiger partial charge is 0.399 e. The molecule has 0 bridgehead atoms. The van der Waals surface area contributed by atoms with Crippen LogP contribution in [0.15, 0.2) is 66.4 Å². The van der Waals surface area contributed by atoms with Crippen molar-refractivity contribution < 1.29 is 0 Å². The number of nitrogens with two attached hydrogens (primary N) is 1. The summed E-state index contributed by atoms with van der Waals surface area (Å²) in [6.45, 7) is 2.26. The van der Waals surface area contributed by atoms with E-state index in [2.05, 4.69) is 72.2 Å². The average Bonchev–Trinajstić information content (AvgIpc) is 2.84. The van der Waals surface area contributed by atoms with E-state index in [1.54, 1.807) is 0 Å². The van der Waals surface area contributed by atoms with Crippen molar-refractivity contribution in [3.8, 4) is 0 Å². The quantitative estimate of drug-likeness (QED) is 0.695. The van der Waals surface area contributed by atoms with Gasteiger partial charge in [-0.1, -0.05) is 49.4 Å². The molecule has 3 aromatic rings. The number of benzene rings is 2. The molecule has 1 heterocycles. The summed E-state index contributed by atoms with van der Waals surface area (Å²) >= 11 is 0. The van der Waals surface area contributed by atoms with Crippen molar-refractivity contribution in [1.29, 1.82) is 0 Å². The minimum atomic E-state index is 0.469. The fourth-order valence-electron chi connectivity index (χ4n) is 3.29. The van der Waals surface area contributed by atoms with Crippen LogP contribution in [0.2, 0.25) is 0 Å². The van der Waals surface area contributed by atoms with Crippen LogP contribution in [-0.4, -0.2) is 4.57 Å². The number of fused-ring (bicyclic) bond motifs is 3. The van der Waals surface area contributed by atoms with Crippen molar-refractivity contribution in [3.63, 3.8) is 0 Å². The summed E-state index contributed by atoms with van der Waals surface area (Å²) in [5.41, 5.74) is 10.7. The predicted molar refractivity (Wildman–Crippen MR) is 89.8 cm³/mol. The van der Waals surface area contributed by atoms with E-state index in [9.17, 15) is 0 Å².